The average molecular weight is 349 g/mol. The molecule has 6 heteroatoms. The topological polar surface area (TPSA) is 56.1 Å². The third-order valence-electron chi connectivity index (χ3n) is 4.82. The number of nitrogens with zero attached hydrogens (tertiary/aromatic N) is 5. The molecule has 2 aromatic heterocycles. The minimum Gasteiger partial charge on any atom is -0.437 e. The number of hydrogen-bond donors (Lipinski definition) is 0. The maximum atomic E-state index is 5.84. The van der Waals surface area contributed by atoms with Crippen molar-refractivity contribution in [1.82, 2.24) is 24.4 Å². The first-order valence-electron chi connectivity index (χ1n) is 9.00. The zero-order chi connectivity index (χ0) is 17.8. The Morgan fingerprint density at radius 1 is 1.12 bits per heavy atom. The summed E-state index contributed by atoms with van der Waals surface area (Å²) in [7, 11) is 2.04. The number of aryl methyl sites for hydroxylation is 1. The van der Waals surface area contributed by atoms with Gasteiger partial charge in [-0.2, -0.15) is 0 Å². The zero-order valence-corrected chi connectivity index (χ0v) is 15.0. The molecule has 6 nitrogen and oxygen atoms in total. The highest BCUT2D eigenvalue weighted by Crippen LogP contribution is 2.28. The van der Waals surface area contributed by atoms with Gasteiger partial charge in [0.1, 0.15) is 5.75 Å². The van der Waals surface area contributed by atoms with Crippen LogP contribution in [0, 0.1) is 0 Å². The normalized spacial score (nSPS) is 18.0. The van der Waals surface area contributed by atoms with Crippen molar-refractivity contribution >= 4 is 0 Å². The molecule has 0 N–H and O–H groups in total. The highest BCUT2D eigenvalue weighted by Gasteiger charge is 2.23. The molecule has 1 unspecified atom stereocenters. The second kappa shape index (κ2) is 7.66. The van der Waals surface area contributed by atoms with Gasteiger partial charge in [0.25, 0.3) is 0 Å². The first kappa shape index (κ1) is 16.7. The summed E-state index contributed by atoms with van der Waals surface area (Å²) in [6.07, 6.45) is 9.63. The molecular formula is C20H23N5O. The number of aromatic nitrogens is 4. The number of piperidine rings is 1. The van der Waals surface area contributed by atoms with Gasteiger partial charge in [-0.1, -0.05) is 18.2 Å². The van der Waals surface area contributed by atoms with E-state index in [1.165, 1.54) is 5.69 Å². The molecule has 0 amide bonds. The maximum absolute atomic E-state index is 5.84. The number of para-hydroxylation sites is 1. The van der Waals surface area contributed by atoms with Gasteiger partial charge in [0.15, 0.2) is 0 Å². The van der Waals surface area contributed by atoms with Gasteiger partial charge in [-0.3, -0.25) is 9.88 Å². The van der Waals surface area contributed by atoms with Crippen LogP contribution in [0.25, 0.3) is 0 Å². The van der Waals surface area contributed by atoms with Crippen LogP contribution in [0.3, 0.4) is 0 Å². The van der Waals surface area contributed by atoms with E-state index in [1.54, 1.807) is 6.20 Å². The Morgan fingerprint density at radius 2 is 2.00 bits per heavy atom. The fraction of sp³-hybridized carbons (Fsp3) is 0.350. The van der Waals surface area contributed by atoms with Crippen LogP contribution in [0.2, 0.25) is 0 Å². The molecule has 26 heavy (non-hydrogen) atoms. The minimum absolute atomic E-state index is 0.379. The van der Waals surface area contributed by atoms with Crippen LogP contribution in [0.4, 0.5) is 0 Å². The van der Waals surface area contributed by atoms with Gasteiger partial charge in [-0.25, -0.2) is 9.97 Å². The molecule has 1 aliphatic heterocycles. The number of ether oxygens (including phenoxy) is 1. The van der Waals surface area contributed by atoms with Crippen LogP contribution in [0.5, 0.6) is 11.6 Å². The van der Waals surface area contributed by atoms with Gasteiger partial charge in [-0.15, -0.1) is 0 Å². The van der Waals surface area contributed by atoms with Gasteiger partial charge in [0.05, 0.1) is 23.9 Å². The van der Waals surface area contributed by atoms with Crippen molar-refractivity contribution in [2.75, 3.05) is 13.1 Å². The molecule has 1 atom stereocenters. The monoisotopic (exact) mass is 349 g/mol. The third kappa shape index (κ3) is 3.91. The molecule has 1 fully saturated rings. The molecule has 3 aromatic rings. The van der Waals surface area contributed by atoms with Crippen LogP contribution >= 0.6 is 0 Å². The summed E-state index contributed by atoms with van der Waals surface area (Å²) in [6.45, 7) is 3.00. The number of rotatable bonds is 5. The summed E-state index contributed by atoms with van der Waals surface area (Å²) in [5.74, 6) is 1.71. The number of hydrogen-bond acceptors (Lipinski definition) is 5. The average Bonchev–Trinajstić information content (AvgIpc) is 3.08. The van der Waals surface area contributed by atoms with Crippen LogP contribution in [-0.2, 0) is 13.6 Å². The molecule has 0 spiro atoms. The molecule has 1 saturated heterocycles. The van der Waals surface area contributed by atoms with E-state index in [4.69, 9.17) is 9.72 Å². The molecular weight excluding hydrogens is 326 g/mol. The Morgan fingerprint density at radius 3 is 2.81 bits per heavy atom. The first-order valence-corrected chi connectivity index (χ1v) is 9.00. The maximum Gasteiger partial charge on any atom is 0.238 e. The van der Waals surface area contributed by atoms with E-state index in [1.807, 2.05) is 56.1 Å². The van der Waals surface area contributed by atoms with Gasteiger partial charge >= 0.3 is 0 Å². The van der Waals surface area contributed by atoms with Crippen molar-refractivity contribution in [1.29, 1.82) is 0 Å². The minimum atomic E-state index is 0.379. The van der Waals surface area contributed by atoms with Crippen molar-refractivity contribution in [2.24, 2.45) is 7.05 Å². The lowest BCUT2D eigenvalue weighted by Crippen LogP contribution is -2.34. The van der Waals surface area contributed by atoms with Crippen LogP contribution in [0.15, 0.2) is 55.2 Å². The molecule has 0 bridgehead atoms. The van der Waals surface area contributed by atoms with E-state index < -0.39 is 0 Å². The zero-order valence-electron chi connectivity index (χ0n) is 15.0. The van der Waals surface area contributed by atoms with Crippen LogP contribution < -0.4 is 4.74 Å². The largest absolute Gasteiger partial charge is 0.437 e. The van der Waals surface area contributed by atoms with Gasteiger partial charge < -0.3 is 9.30 Å². The Hall–Kier alpha value is -2.73. The number of likely N-dealkylation sites (tertiary alicyclic amines) is 1. The van der Waals surface area contributed by atoms with Gasteiger partial charge in [0.2, 0.25) is 5.88 Å². The van der Waals surface area contributed by atoms with Gasteiger partial charge in [-0.05, 0) is 31.5 Å². The molecule has 1 aliphatic rings. The molecule has 0 saturated carbocycles. The molecule has 0 radical (unpaired) electrons. The van der Waals surface area contributed by atoms with Crippen LogP contribution in [-0.4, -0.2) is 37.5 Å². The number of benzene rings is 1. The smallest absolute Gasteiger partial charge is 0.238 e. The van der Waals surface area contributed by atoms with Crippen molar-refractivity contribution in [3.63, 3.8) is 0 Å². The standard InChI is InChI=1S/C20H23N5O/c1-24-15-22-10-17(24)14-25-9-5-6-16(13-25)19-11-21-12-20(23-19)26-18-7-3-2-4-8-18/h2-4,7-8,10-12,15-16H,5-6,9,13-14H2,1H3. The Bertz CT molecular complexity index is 848. The van der Waals surface area contributed by atoms with E-state index in [9.17, 15) is 0 Å². The number of imidazole rings is 1. The summed E-state index contributed by atoms with van der Waals surface area (Å²) < 4.78 is 7.92. The van der Waals surface area contributed by atoms with Gasteiger partial charge in [0, 0.05) is 38.4 Å². The van der Waals surface area contributed by atoms with Crippen molar-refractivity contribution in [3.8, 4) is 11.6 Å². The van der Waals surface area contributed by atoms with E-state index in [2.05, 4.69) is 19.4 Å². The quantitative estimate of drug-likeness (QED) is 0.707. The van der Waals surface area contributed by atoms with E-state index in [0.717, 1.165) is 43.9 Å². The Kier molecular flexibility index (Phi) is 4.93. The third-order valence-corrected chi connectivity index (χ3v) is 4.82. The first-order chi connectivity index (χ1) is 12.8. The van der Waals surface area contributed by atoms with Crippen LogP contribution in [0.1, 0.15) is 30.1 Å². The fourth-order valence-corrected chi connectivity index (χ4v) is 3.42. The lowest BCUT2D eigenvalue weighted by Gasteiger charge is -2.32. The Balaban J connectivity index is 1.45. The van der Waals surface area contributed by atoms with Crippen molar-refractivity contribution < 1.29 is 4.74 Å². The predicted molar refractivity (Wildman–Crippen MR) is 99.0 cm³/mol. The lowest BCUT2D eigenvalue weighted by atomic mass is 9.95. The summed E-state index contributed by atoms with van der Waals surface area (Å²) in [5, 5.41) is 0. The van der Waals surface area contributed by atoms with Crippen molar-refractivity contribution in [2.45, 2.75) is 25.3 Å². The molecule has 3 heterocycles. The highest BCUT2D eigenvalue weighted by atomic mass is 16.5. The predicted octanol–water partition coefficient (Wildman–Crippen LogP) is 3.38. The van der Waals surface area contributed by atoms with E-state index in [-0.39, 0.29) is 0 Å². The summed E-state index contributed by atoms with van der Waals surface area (Å²) in [5.41, 5.74) is 2.24. The SMILES string of the molecule is Cn1cncc1CN1CCCC(c2cncc(Oc3ccccc3)n2)C1. The van der Waals surface area contributed by atoms with E-state index in [0.29, 0.717) is 11.8 Å². The molecule has 4 rings (SSSR count). The fourth-order valence-electron chi connectivity index (χ4n) is 3.42. The second-order valence-electron chi connectivity index (χ2n) is 6.77. The lowest BCUT2D eigenvalue weighted by molar-refractivity contribution is 0.194. The molecule has 1 aromatic carbocycles. The van der Waals surface area contributed by atoms with Crippen molar-refractivity contribution in [3.05, 3.63) is 66.6 Å². The molecule has 0 aliphatic carbocycles. The summed E-state index contributed by atoms with van der Waals surface area (Å²) in [4.78, 5) is 15.7. The van der Waals surface area contributed by atoms with E-state index >= 15 is 0 Å². The Labute approximate surface area is 153 Å². The second-order valence-corrected chi connectivity index (χ2v) is 6.77. The summed E-state index contributed by atoms with van der Waals surface area (Å²) >= 11 is 0. The molecule has 134 valence electrons. The summed E-state index contributed by atoms with van der Waals surface area (Å²) in [6, 6.07) is 9.71. The highest BCUT2D eigenvalue weighted by molar-refractivity contribution is 5.26.